The molecular formula is C36H64N2O. The Bertz CT molecular complexity index is 864. The normalized spacial score (nSPS) is 44.2. The van der Waals surface area contributed by atoms with Gasteiger partial charge in [-0.1, -0.05) is 85.1 Å². The standard InChI is InChI=1S/C35H60N2O.CH4/c1-23(2)7-6-8-24(3)30-13-14-31-29-12-10-26-21-28(38-20-17-25-9-11-27(36)22-33(25)37)15-18-34(26,4)32(29)16-19-35(30,31)5;/h9-11,23-25,27-33H,6-8,12-22,36-37H2,1-5H3;1H4. The number of hydrogen-bond acceptors (Lipinski definition) is 3. The van der Waals surface area contributed by atoms with Crippen molar-refractivity contribution in [1.82, 2.24) is 0 Å². The van der Waals surface area contributed by atoms with Gasteiger partial charge in [0.2, 0.25) is 0 Å². The molecule has 5 aliphatic rings. The maximum atomic E-state index is 6.50. The molecule has 5 rings (SSSR count). The first-order valence-corrected chi connectivity index (χ1v) is 16.6. The minimum atomic E-state index is 0. The summed E-state index contributed by atoms with van der Waals surface area (Å²) in [6.45, 7) is 13.6. The van der Waals surface area contributed by atoms with Gasteiger partial charge in [0.1, 0.15) is 0 Å². The van der Waals surface area contributed by atoms with Crippen LogP contribution in [0, 0.1) is 52.3 Å². The molecule has 3 nitrogen and oxygen atoms in total. The smallest absolute Gasteiger partial charge is 0.0612 e. The molecule has 5 aliphatic carbocycles. The fourth-order valence-corrected chi connectivity index (χ4v) is 10.5. The molecule has 0 radical (unpaired) electrons. The molecule has 0 aromatic heterocycles. The minimum Gasteiger partial charge on any atom is -0.378 e. The highest BCUT2D eigenvalue weighted by atomic mass is 16.5. The Hall–Kier alpha value is -0.640. The van der Waals surface area contributed by atoms with Crippen molar-refractivity contribution in [1.29, 1.82) is 0 Å². The van der Waals surface area contributed by atoms with Crippen molar-refractivity contribution in [3.63, 3.8) is 0 Å². The summed E-state index contributed by atoms with van der Waals surface area (Å²) >= 11 is 0. The number of allylic oxidation sites excluding steroid dienone is 1. The molecule has 3 saturated carbocycles. The van der Waals surface area contributed by atoms with Crippen molar-refractivity contribution >= 4 is 0 Å². The van der Waals surface area contributed by atoms with E-state index in [1.165, 1.54) is 64.2 Å². The van der Waals surface area contributed by atoms with E-state index in [2.05, 4.69) is 52.8 Å². The molecule has 0 bridgehead atoms. The van der Waals surface area contributed by atoms with E-state index in [-0.39, 0.29) is 19.5 Å². The average molecular weight is 541 g/mol. The zero-order valence-electron chi connectivity index (χ0n) is 25.5. The molecule has 0 aliphatic heterocycles. The van der Waals surface area contributed by atoms with Gasteiger partial charge >= 0.3 is 0 Å². The van der Waals surface area contributed by atoms with Gasteiger partial charge in [-0.15, -0.1) is 0 Å². The average Bonchev–Trinajstić information content (AvgIpc) is 3.22. The van der Waals surface area contributed by atoms with Crippen LogP contribution in [0.4, 0.5) is 0 Å². The SMILES string of the molecule is C.CC(C)CCCC(C)C1CCC2C3CC=C4CC(OCCC5C=CC(N)CC5N)CCC4(C)C3CCC12C. The highest BCUT2D eigenvalue weighted by Crippen LogP contribution is 2.67. The second kappa shape index (κ2) is 12.7. The second-order valence-corrected chi connectivity index (χ2v) is 15.4. The topological polar surface area (TPSA) is 61.3 Å². The molecule has 4 N–H and O–H groups in total. The van der Waals surface area contributed by atoms with E-state index in [4.69, 9.17) is 16.2 Å². The predicted molar refractivity (Wildman–Crippen MR) is 167 cm³/mol. The maximum absolute atomic E-state index is 6.50. The number of hydrogen-bond donors (Lipinski definition) is 2. The zero-order chi connectivity index (χ0) is 27.1. The molecule has 0 amide bonds. The third-order valence-electron chi connectivity index (χ3n) is 12.8. The van der Waals surface area contributed by atoms with Crippen molar-refractivity contribution in [2.45, 2.75) is 144 Å². The quantitative estimate of drug-likeness (QED) is 0.288. The van der Waals surface area contributed by atoms with Crippen molar-refractivity contribution < 1.29 is 4.74 Å². The highest BCUT2D eigenvalue weighted by Gasteiger charge is 2.59. The molecule has 11 unspecified atom stereocenters. The van der Waals surface area contributed by atoms with Crippen LogP contribution in [0.3, 0.4) is 0 Å². The Morgan fingerprint density at radius 3 is 2.51 bits per heavy atom. The van der Waals surface area contributed by atoms with Crippen LogP contribution < -0.4 is 11.5 Å². The Kier molecular flexibility index (Phi) is 10.2. The highest BCUT2D eigenvalue weighted by molar-refractivity contribution is 5.25. The molecule has 3 heteroatoms. The fraction of sp³-hybridized carbons (Fsp3) is 0.889. The molecule has 0 saturated heterocycles. The Balaban J connectivity index is 0.00000353. The summed E-state index contributed by atoms with van der Waals surface area (Å²) in [5, 5.41) is 0. The summed E-state index contributed by atoms with van der Waals surface area (Å²) in [5.41, 5.74) is 15.1. The van der Waals surface area contributed by atoms with Crippen LogP contribution in [0.15, 0.2) is 23.8 Å². The summed E-state index contributed by atoms with van der Waals surface area (Å²) in [6.07, 6.45) is 24.6. The van der Waals surface area contributed by atoms with Gasteiger partial charge in [0.15, 0.2) is 0 Å². The second-order valence-electron chi connectivity index (χ2n) is 15.4. The Morgan fingerprint density at radius 2 is 1.77 bits per heavy atom. The first-order valence-electron chi connectivity index (χ1n) is 16.6. The van der Waals surface area contributed by atoms with E-state index in [1.807, 2.05) is 0 Å². The summed E-state index contributed by atoms with van der Waals surface area (Å²) < 4.78 is 6.50. The van der Waals surface area contributed by atoms with Crippen LogP contribution in [0.25, 0.3) is 0 Å². The molecule has 11 atom stereocenters. The first-order chi connectivity index (χ1) is 18.1. The Morgan fingerprint density at radius 1 is 0.974 bits per heavy atom. The molecule has 3 fully saturated rings. The van der Waals surface area contributed by atoms with Crippen LogP contribution in [-0.2, 0) is 4.74 Å². The minimum absolute atomic E-state index is 0. The lowest BCUT2D eigenvalue weighted by atomic mass is 9.47. The van der Waals surface area contributed by atoms with E-state index in [1.54, 1.807) is 5.57 Å². The summed E-state index contributed by atoms with van der Waals surface area (Å²) in [7, 11) is 0. The molecule has 0 aromatic rings. The van der Waals surface area contributed by atoms with Crippen LogP contribution >= 0.6 is 0 Å². The molecule has 0 aromatic carbocycles. The lowest BCUT2D eigenvalue weighted by Gasteiger charge is -2.58. The van der Waals surface area contributed by atoms with Crippen LogP contribution in [0.5, 0.6) is 0 Å². The third kappa shape index (κ3) is 6.26. The zero-order valence-corrected chi connectivity index (χ0v) is 25.5. The summed E-state index contributed by atoms with van der Waals surface area (Å²) in [5.74, 6) is 5.87. The van der Waals surface area contributed by atoms with Crippen molar-refractivity contribution in [3.05, 3.63) is 23.8 Å². The van der Waals surface area contributed by atoms with Gasteiger partial charge in [0.25, 0.3) is 0 Å². The Labute approximate surface area is 242 Å². The van der Waals surface area contributed by atoms with Gasteiger partial charge < -0.3 is 16.2 Å². The van der Waals surface area contributed by atoms with Crippen LogP contribution in [-0.4, -0.2) is 24.8 Å². The lowest BCUT2D eigenvalue weighted by Crippen LogP contribution is -2.51. The molecule has 39 heavy (non-hydrogen) atoms. The van der Waals surface area contributed by atoms with Gasteiger partial charge in [-0.25, -0.2) is 0 Å². The molecule has 0 heterocycles. The fourth-order valence-electron chi connectivity index (χ4n) is 10.5. The number of nitrogens with two attached hydrogens (primary N) is 2. The monoisotopic (exact) mass is 541 g/mol. The molecular weight excluding hydrogens is 476 g/mol. The largest absolute Gasteiger partial charge is 0.378 e. The van der Waals surface area contributed by atoms with Crippen molar-refractivity contribution in [2.24, 2.45) is 63.7 Å². The van der Waals surface area contributed by atoms with Crippen LogP contribution in [0.2, 0.25) is 0 Å². The third-order valence-corrected chi connectivity index (χ3v) is 12.8. The van der Waals surface area contributed by atoms with Crippen LogP contribution in [0.1, 0.15) is 126 Å². The van der Waals surface area contributed by atoms with E-state index in [0.717, 1.165) is 61.4 Å². The summed E-state index contributed by atoms with van der Waals surface area (Å²) in [6, 6.07) is 0.313. The van der Waals surface area contributed by atoms with Gasteiger partial charge in [-0.3, -0.25) is 0 Å². The first kappa shape index (κ1) is 31.3. The van der Waals surface area contributed by atoms with Gasteiger partial charge in [-0.05, 0) is 116 Å². The maximum Gasteiger partial charge on any atom is 0.0612 e. The summed E-state index contributed by atoms with van der Waals surface area (Å²) in [4.78, 5) is 0. The number of fused-ring (bicyclic) bond motifs is 5. The van der Waals surface area contributed by atoms with Gasteiger partial charge in [0.05, 0.1) is 6.10 Å². The van der Waals surface area contributed by atoms with E-state index in [0.29, 0.717) is 22.9 Å². The van der Waals surface area contributed by atoms with Crippen molar-refractivity contribution in [2.75, 3.05) is 6.61 Å². The predicted octanol–water partition coefficient (Wildman–Crippen LogP) is 8.67. The number of rotatable bonds is 9. The van der Waals surface area contributed by atoms with Crippen molar-refractivity contribution in [3.8, 4) is 0 Å². The number of ether oxygens (including phenoxy) is 1. The van der Waals surface area contributed by atoms with Gasteiger partial charge in [0, 0.05) is 18.7 Å². The molecule has 0 spiro atoms. The lowest BCUT2D eigenvalue weighted by molar-refractivity contribution is -0.0645. The van der Waals surface area contributed by atoms with Gasteiger partial charge in [-0.2, -0.15) is 0 Å². The van der Waals surface area contributed by atoms with E-state index < -0.39 is 0 Å². The van der Waals surface area contributed by atoms with E-state index >= 15 is 0 Å². The van der Waals surface area contributed by atoms with E-state index in [9.17, 15) is 0 Å². The molecule has 224 valence electrons.